The number of aryl methyl sites for hydroxylation is 3. The van der Waals surface area contributed by atoms with Crippen molar-refractivity contribution in [2.45, 2.75) is 39.5 Å². The second kappa shape index (κ2) is 5.60. The van der Waals surface area contributed by atoms with Crippen LogP contribution in [0.1, 0.15) is 50.7 Å². The number of aromatic nitrogens is 3. The van der Waals surface area contributed by atoms with Crippen molar-refractivity contribution in [3.05, 3.63) is 33.3 Å². The molecule has 1 N–H and O–H groups in total. The van der Waals surface area contributed by atoms with Crippen LogP contribution in [-0.2, 0) is 0 Å². The fraction of sp³-hybridized carbons (Fsp3) is 0.533. The van der Waals surface area contributed by atoms with Gasteiger partial charge in [-0.25, -0.2) is 9.97 Å². The molecule has 3 rings (SSSR count). The monoisotopic (exact) mass is 304 g/mol. The number of carbonyl (C=O) groups is 1. The number of piperidine rings is 1. The molecule has 1 amide bonds. The van der Waals surface area contributed by atoms with Crippen molar-refractivity contribution in [3.63, 3.8) is 0 Å². The normalized spacial score (nSPS) is 19.0. The van der Waals surface area contributed by atoms with Crippen molar-refractivity contribution in [3.8, 4) is 0 Å². The number of hydrogen-bond acceptors (Lipinski definition) is 4. The fourth-order valence-corrected chi connectivity index (χ4v) is 3.79. The summed E-state index contributed by atoms with van der Waals surface area (Å²) in [5.41, 5.74) is 1.92. The predicted octanol–water partition coefficient (Wildman–Crippen LogP) is 2.81. The zero-order valence-corrected chi connectivity index (χ0v) is 13.5. The van der Waals surface area contributed by atoms with Crippen molar-refractivity contribution >= 4 is 17.2 Å². The first-order valence-electron chi connectivity index (χ1n) is 7.29. The maximum Gasteiger partial charge on any atom is 0.265 e. The summed E-state index contributed by atoms with van der Waals surface area (Å²) < 4.78 is 0. The third-order valence-corrected chi connectivity index (χ3v) is 4.98. The molecule has 0 bridgehead atoms. The molecule has 0 radical (unpaired) electrons. The Bertz CT molecular complexity index is 660. The van der Waals surface area contributed by atoms with E-state index < -0.39 is 0 Å². The second-order valence-electron chi connectivity index (χ2n) is 5.69. The fourth-order valence-electron chi connectivity index (χ4n) is 2.90. The van der Waals surface area contributed by atoms with E-state index in [4.69, 9.17) is 0 Å². The number of nitrogens with zero attached hydrogens (tertiary/aromatic N) is 3. The van der Waals surface area contributed by atoms with E-state index in [0.29, 0.717) is 5.92 Å². The van der Waals surface area contributed by atoms with E-state index in [9.17, 15) is 4.79 Å². The molecule has 1 atom stereocenters. The molecule has 3 heterocycles. The van der Waals surface area contributed by atoms with Crippen molar-refractivity contribution in [1.82, 2.24) is 19.9 Å². The number of imidazole rings is 1. The number of nitrogens with one attached hydrogen (secondary N) is 1. The van der Waals surface area contributed by atoms with E-state index in [1.807, 2.05) is 31.9 Å². The second-order valence-corrected chi connectivity index (χ2v) is 6.89. The molecule has 6 heteroatoms. The Morgan fingerprint density at radius 2 is 2.24 bits per heavy atom. The first kappa shape index (κ1) is 14.3. The number of carbonyl (C=O) groups excluding carboxylic acids is 1. The van der Waals surface area contributed by atoms with E-state index in [0.717, 1.165) is 53.0 Å². The van der Waals surface area contributed by atoms with Crippen LogP contribution in [0.4, 0.5) is 0 Å². The molecular weight excluding hydrogens is 284 g/mol. The quantitative estimate of drug-likeness (QED) is 0.928. The highest BCUT2D eigenvalue weighted by atomic mass is 32.1. The zero-order valence-electron chi connectivity index (χ0n) is 12.6. The lowest BCUT2D eigenvalue weighted by molar-refractivity contribution is 0.0708. The highest BCUT2D eigenvalue weighted by molar-refractivity contribution is 7.13. The number of likely N-dealkylation sites (tertiary alicyclic amines) is 1. The van der Waals surface area contributed by atoms with E-state index in [1.165, 1.54) is 11.3 Å². The highest BCUT2D eigenvalue weighted by Crippen LogP contribution is 2.27. The van der Waals surface area contributed by atoms with Gasteiger partial charge in [-0.2, -0.15) is 0 Å². The summed E-state index contributed by atoms with van der Waals surface area (Å²) in [4.78, 5) is 27.5. The van der Waals surface area contributed by atoms with E-state index in [1.54, 1.807) is 0 Å². The van der Waals surface area contributed by atoms with Crippen LogP contribution in [0.15, 0.2) is 6.20 Å². The van der Waals surface area contributed by atoms with E-state index in [-0.39, 0.29) is 5.91 Å². The molecule has 0 aromatic carbocycles. The van der Waals surface area contributed by atoms with Gasteiger partial charge in [0.25, 0.3) is 5.91 Å². The molecule has 5 nitrogen and oxygen atoms in total. The summed E-state index contributed by atoms with van der Waals surface area (Å²) in [6.45, 7) is 7.42. The summed E-state index contributed by atoms with van der Waals surface area (Å²) in [6, 6.07) is 0. The molecule has 1 aliphatic rings. The van der Waals surface area contributed by atoms with Gasteiger partial charge in [-0.3, -0.25) is 4.79 Å². The topological polar surface area (TPSA) is 61.9 Å². The highest BCUT2D eigenvalue weighted by Gasteiger charge is 2.28. The smallest absolute Gasteiger partial charge is 0.265 e. The number of aromatic amines is 1. The summed E-state index contributed by atoms with van der Waals surface area (Å²) in [6.07, 6.45) is 3.96. The van der Waals surface area contributed by atoms with Crippen molar-refractivity contribution in [2.75, 3.05) is 13.1 Å². The van der Waals surface area contributed by atoms with Gasteiger partial charge in [-0.15, -0.1) is 11.3 Å². The van der Waals surface area contributed by atoms with Gasteiger partial charge in [0, 0.05) is 30.9 Å². The van der Waals surface area contributed by atoms with Crippen LogP contribution in [0.5, 0.6) is 0 Å². The minimum atomic E-state index is 0.117. The average Bonchev–Trinajstić information content (AvgIpc) is 3.04. The largest absolute Gasteiger partial charge is 0.346 e. The standard InChI is InChI=1S/C15H20N4OS/c1-9-7-16-14(17-9)12-5-4-6-19(8-12)15(20)13-10(2)18-11(3)21-13/h7,12H,4-6,8H2,1-3H3,(H,16,17). The number of H-pyrrole nitrogens is 1. The Labute approximate surface area is 128 Å². The Morgan fingerprint density at radius 3 is 2.86 bits per heavy atom. The van der Waals surface area contributed by atoms with Crippen LogP contribution in [0.2, 0.25) is 0 Å². The molecule has 0 aliphatic carbocycles. The van der Waals surface area contributed by atoms with E-state index >= 15 is 0 Å². The molecular formula is C15H20N4OS. The molecule has 0 saturated carbocycles. The number of thiazole rings is 1. The lowest BCUT2D eigenvalue weighted by Gasteiger charge is -2.31. The molecule has 112 valence electrons. The molecule has 1 unspecified atom stereocenters. The minimum Gasteiger partial charge on any atom is -0.346 e. The van der Waals surface area contributed by atoms with Crippen LogP contribution in [-0.4, -0.2) is 38.8 Å². The predicted molar refractivity (Wildman–Crippen MR) is 82.8 cm³/mol. The van der Waals surface area contributed by atoms with Gasteiger partial charge in [0.1, 0.15) is 10.7 Å². The summed E-state index contributed by atoms with van der Waals surface area (Å²) >= 11 is 1.49. The van der Waals surface area contributed by atoms with Gasteiger partial charge in [0.2, 0.25) is 0 Å². The molecule has 0 spiro atoms. The van der Waals surface area contributed by atoms with Crippen LogP contribution in [0.3, 0.4) is 0 Å². The van der Waals surface area contributed by atoms with Crippen LogP contribution in [0.25, 0.3) is 0 Å². The Hall–Kier alpha value is -1.69. The van der Waals surface area contributed by atoms with Crippen LogP contribution < -0.4 is 0 Å². The van der Waals surface area contributed by atoms with Crippen molar-refractivity contribution < 1.29 is 4.79 Å². The number of rotatable bonds is 2. The van der Waals surface area contributed by atoms with E-state index in [2.05, 4.69) is 15.0 Å². The van der Waals surface area contributed by atoms with Gasteiger partial charge in [-0.1, -0.05) is 0 Å². The lowest BCUT2D eigenvalue weighted by Crippen LogP contribution is -2.39. The van der Waals surface area contributed by atoms with Gasteiger partial charge >= 0.3 is 0 Å². The number of amides is 1. The molecule has 2 aromatic rings. The minimum absolute atomic E-state index is 0.117. The maximum absolute atomic E-state index is 12.7. The summed E-state index contributed by atoms with van der Waals surface area (Å²) in [5, 5.41) is 0.950. The zero-order chi connectivity index (χ0) is 15.0. The lowest BCUT2D eigenvalue weighted by atomic mass is 9.97. The molecule has 21 heavy (non-hydrogen) atoms. The molecule has 1 aliphatic heterocycles. The first-order chi connectivity index (χ1) is 10.0. The van der Waals surface area contributed by atoms with Crippen LogP contribution >= 0.6 is 11.3 Å². The number of hydrogen-bond donors (Lipinski definition) is 1. The Morgan fingerprint density at radius 1 is 1.43 bits per heavy atom. The van der Waals surface area contributed by atoms with Gasteiger partial charge in [0.15, 0.2) is 0 Å². The molecule has 1 fully saturated rings. The summed E-state index contributed by atoms with van der Waals surface area (Å²) in [5.74, 6) is 1.43. The van der Waals surface area contributed by atoms with Crippen LogP contribution in [0, 0.1) is 20.8 Å². The maximum atomic E-state index is 12.7. The van der Waals surface area contributed by atoms with Crippen molar-refractivity contribution in [2.24, 2.45) is 0 Å². The SMILES string of the molecule is Cc1cnc(C2CCCN(C(=O)c3sc(C)nc3C)C2)[nH]1. The Balaban J connectivity index is 1.77. The molecule has 1 saturated heterocycles. The van der Waals surface area contributed by atoms with Gasteiger partial charge in [-0.05, 0) is 33.6 Å². The Kier molecular flexibility index (Phi) is 3.80. The summed E-state index contributed by atoms with van der Waals surface area (Å²) in [7, 11) is 0. The average molecular weight is 304 g/mol. The third-order valence-electron chi connectivity index (χ3n) is 3.92. The first-order valence-corrected chi connectivity index (χ1v) is 8.11. The third kappa shape index (κ3) is 2.85. The van der Waals surface area contributed by atoms with Crippen molar-refractivity contribution in [1.29, 1.82) is 0 Å². The van der Waals surface area contributed by atoms with Gasteiger partial charge in [0.05, 0.1) is 10.7 Å². The molecule has 2 aromatic heterocycles. The van der Waals surface area contributed by atoms with Gasteiger partial charge < -0.3 is 9.88 Å².